The number of hydrogen-bond acceptors (Lipinski definition) is 6. The van der Waals surface area contributed by atoms with Crippen molar-refractivity contribution in [3.8, 4) is 0 Å². The Morgan fingerprint density at radius 1 is 1.27 bits per heavy atom. The molecule has 116 valence electrons. The number of esters is 1. The Kier molecular flexibility index (Phi) is 5.11. The highest BCUT2D eigenvalue weighted by Crippen LogP contribution is 2.18. The van der Waals surface area contributed by atoms with Crippen molar-refractivity contribution >= 4 is 29.0 Å². The van der Waals surface area contributed by atoms with Crippen LogP contribution in [0.25, 0.3) is 0 Å². The molecule has 0 spiro atoms. The van der Waals surface area contributed by atoms with Crippen molar-refractivity contribution in [2.45, 2.75) is 19.9 Å². The van der Waals surface area contributed by atoms with E-state index in [1.165, 1.54) is 19.3 Å². The second-order valence-corrected chi connectivity index (χ2v) is 5.68. The zero-order chi connectivity index (χ0) is 16.1. The minimum Gasteiger partial charge on any atom is -0.467 e. The van der Waals surface area contributed by atoms with E-state index in [1.807, 2.05) is 0 Å². The van der Waals surface area contributed by atoms with Crippen molar-refractivity contribution in [1.82, 2.24) is 5.32 Å². The summed E-state index contributed by atoms with van der Waals surface area (Å²) in [7, 11) is 0. The quantitative estimate of drug-likeness (QED) is 0.653. The molecule has 2 rings (SSSR count). The number of nitrogens with one attached hydrogen (secondary N) is 1. The number of Topliss-reactive ketones (excluding diaryl/α,β-unsaturated/α-hetero) is 1. The largest absolute Gasteiger partial charge is 0.467 e. The van der Waals surface area contributed by atoms with Crippen LogP contribution in [0.15, 0.2) is 34.9 Å². The van der Waals surface area contributed by atoms with Crippen molar-refractivity contribution in [2.24, 2.45) is 0 Å². The molecule has 0 saturated heterocycles. The van der Waals surface area contributed by atoms with E-state index in [9.17, 15) is 14.4 Å². The fourth-order valence-electron chi connectivity index (χ4n) is 1.73. The van der Waals surface area contributed by atoms with Gasteiger partial charge in [-0.05, 0) is 38.1 Å². The van der Waals surface area contributed by atoms with Gasteiger partial charge in [0.05, 0.1) is 17.2 Å². The fourth-order valence-corrected chi connectivity index (χ4v) is 2.53. The van der Waals surface area contributed by atoms with Crippen molar-refractivity contribution in [3.05, 3.63) is 46.0 Å². The predicted octanol–water partition coefficient (Wildman–Crippen LogP) is 2.58. The highest BCUT2D eigenvalue weighted by Gasteiger charge is 2.16. The molecular formula is C15H15NO5S. The highest BCUT2D eigenvalue weighted by atomic mass is 32.1. The average molecular weight is 321 g/mol. The topological polar surface area (TPSA) is 85.6 Å². The summed E-state index contributed by atoms with van der Waals surface area (Å²) in [6, 6.07) is 6.22. The first-order chi connectivity index (χ1) is 10.5. The van der Waals surface area contributed by atoms with Crippen molar-refractivity contribution in [1.29, 1.82) is 0 Å². The van der Waals surface area contributed by atoms with Gasteiger partial charge in [-0.3, -0.25) is 9.59 Å². The summed E-state index contributed by atoms with van der Waals surface area (Å²) < 4.78 is 10.1. The summed E-state index contributed by atoms with van der Waals surface area (Å²) in [5.74, 6) is -0.558. The predicted molar refractivity (Wildman–Crippen MR) is 79.9 cm³/mol. The van der Waals surface area contributed by atoms with Crippen LogP contribution in [0.5, 0.6) is 0 Å². The van der Waals surface area contributed by atoms with Gasteiger partial charge in [0.1, 0.15) is 10.6 Å². The number of furan rings is 1. The van der Waals surface area contributed by atoms with Crippen LogP contribution in [0.3, 0.4) is 0 Å². The molecule has 0 fully saturated rings. The first-order valence-electron chi connectivity index (χ1n) is 6.58. The molecule has 1 N–H and O–H groups in total. The van der Waals surface area contributed by atoms with Gasteiger partial charge >= 0.3 is 5.97 Å². The van der Waals surface area contributed by atoms with E-state index in [1.54, 1.807) is 25.1 Å². The number of ether oxygens (including phenoxy) is 1. The average Bonchev–Trinajstić information content (AvgIpc) is 3.15. The SMILES string of the molecule is CC(=O)c1ccc(C(=O)OCC(=O)NC(C)c2ccco2)s1. The van der Waals surface area contributed by atoms with E-state index in [2.05, 4.69) is 5.32 Å². The number of thiophene rings is 1. The molecule has 0 saturated carbocycles. The van der Waals surface area contributed by atoms with Gasteiger partial charge in [0, 0.05) is 0 Å². The second kappa shape index (κ2) is 7.04. The summed E-state index contributed by atoms with van der Waals surface area (Å²) >= 11 is 1.04. The molecule has 2 heterocycles. The third-order valence-corrected chi connectivity index (χ3v) is 4.00. The van der Waals surface area contributed by atoms with Gasteiger partial charge in [-0.25, -0.2) is 4.79 Å². The van der Waals surface area contributed by atoms with E-state index < -0.39 is 18.5 Å². The molecule has 7 heteroatoms. The number of amides is 1. The molecule has 0 aliphatic carbocycles. The second-order valence-electron chi connectivity index (χ2n) is 4.60. The highest BCUT2D eigenvalue weighted by molar-refractivity contribution is 7.15. The lowest BCUT2D eigenvalue weighted by molar-refractivity contribution is -0.125. The lowest BCUT2D eigenvalue weighted by Crippen LogP contribution is -2.30. The van der Waals surface area contributed by atoms with E-state index in [4.69, 9.17) is 9.15 Å². The maximum Gasteiger partial charge on any atom is 0.348 e. The Morgan fingerprint density at radius 2 is 2.00 bits per heavy atom. The molecule has 0 aliphatic heterocycles. The zero-order valence-electron chi connectivity index (χ0n) is 12.1. The van der Waals surface area contributed by atoms with Gasteiger partial charge in [-0.15, -0.1) is 11.3 Å². The molecule has 0 aliphatic rings. The monoisotopic (exact) mass is 321 g/mol. The molecule has 1 unspecified atom stereocenters. The molecule has 6 nitrogen and oxygen atoms in total. The Hall–Kier alpha value is -2.41. The van der Waals surface area contributed by atoms with Crippen molar-refractivity contribution in [2.75, 3.05) is 6.61 Å². The molecule has 2 aromatic rings. The van der Waals surface area contributed by atoms with E-state index in [0.29, 0.717) is 10.6 Å². The molecule has 1 amide bonds. The Balaban J connectivity index is 1.82. The summed E-state index contributed by atoms with van der Waals surface area (Å²) in [5.41, 5.74) is 0. The van der Waals surface area contributed by atoms with E-state index >= 15 is 0 Å². The lowest BCUT2D eigenvalue weighted by Gasteiger charge is -2.11. The molecule has 0 aromatic carbocycles. The number of hydrogen-bond donors (Lipinski definition) is 1. The maximum absolute atomic E-state index is 11.8. The van der Waals surface area contributed by atoms with Gasteiger partial charge in [-0.1, -0.05) is 0 Å². The molecule has 0 radical (unpaired) electrons. The smallest absolute Gasteiger partial charge is 0.348 e. The Bertz CT molecular complexity index is 674. The molecular weight excluding hydrogens is 306 g/mol. The van der Waals surface area contributed by atoms with Crippen LogP contribution in [-0.2, 0) is 9.53 Å². The first-order valence-corrected chi connectivity index (χ1v) is 7.39. The fraction of sp³-hybridized carbons (Fsp3) is 0.267. The van der Waals surface area contributed by atoms with Crippen molar-refractivity contribution in [3.63, 3.8) is 0 Å². The number of rotatable bonds is 6. The van der Waals surface area contributed by atoms with Crippen molar-refractivity contribution < 1.29 is 23.5 Å². The van der Waals surface area contributed by atoms with Gasteiger partial charge in [0.15, 0.2) is 12.4 Å². The molecule has 2 aromatic heterocycles. The Labute approximate surface area is 131 Å². The first kappa shape index (κ1) is 16.0. The van der Waals surface area contributed by atoms with Crippen LogP contribution in [0.1, 0.15) is 45.0 Å². The van der Waals surface area contributed by atoms with Gasteiger partial charge < -0.3 is 14.5 Å². The lowest BCUT2D eigenvalue weighted by atomic mass is 10.2. The summed E-state index contributed by atoms with van der Waals surface area (Å²) in [6.45, 7) is 2.79. The minimum atomic E-state index is -0.627. The van der Waals surface area contributed by atoms with Crippen LogP contribution in [0, 0.1) is 0 Å². The summed E-state index contributed by atoms with van der Waals surface area (Å²) in [5, 5.41) is 2.65. The van der Waals surface area contributed by atoms with Crippen LogP contribution in [0.4, 0.5) is 0 Å². The molecule has 1 atom stereocenters. The normalized spacial score (nSPS) is 11.7. The third kappa shape index (κ3) is 4.05. The van der Waals surface area contributed by atoms with Crippen LogP contribution >= 0.6 is 11.3 Å². The standard InChI is InChI=1S/C15H15NO5S/c1-9(11-4-3-7-20-11)16-14(18)8-21-15(19)13-6-5-12(22-13)10(2)17/h3-7,9H,8H2,1-2H3,(H,16,18). The van der Waals surface area contributed by atoms with Crippen LogP contribution < -0.4 is 5.32 Å². The minimum absolute atomic E-state index is 0.117. The molecule has 0 bridgehead atoms. The maximum atomic E-state index is 11.8. The zero-order valence-corrected chi connectivity index (χ0v) is 12.9. The van der Waals surface area contributed by atoms with Gasteiger partial charge in [0.25, 0.3) is 5.91 Å². The Morgan fingerprint density at radius 3 is 2.59 bits per heavy atom. The number of carbonyl (C=O) groups excluding carboxylic acids is 3. The van der Waals surface area contributed by atoms with Gasteiger partial charge in [0.2, 0.25) is 0 Å². The van der Waals surface area contributed by atoms with E-state index in [-0.39, 0.29) is 16.7 Å². The van der Waals surface area contributed by atoms with Crippen LogP contribution in [0.2, 0.25) is 0 Å². The number of ketones is 1. The van der Waals surface area contributed by atoms with Gasteiger partial charge in [-0.2, -0.15) is 0 Å². The van der Waals surface area contributed by atoms with Crippen LogP contribution in [-0.4, -0.2) is 24.3 Å². The van der Waals surface area contributed by atoms with E-state index in [0.717, 1.165) is 11.3 Å². The number of carbonyl (C=O) groups is 3. The molecule has 22 heavy (non-hydrogen) atoms. The third-order valence-electron chi connectivity index (χ3n) is 2.84. The summed E-state index contributed by atoms with van der Waals surface area (Å²) in [4.78, 5) is 35.4. The summed E-state index contributed by atoms with van der Waals surface area (Å²) in [6.07, 6.45) is 1.52.